The van der Waals surface area contributed by atoms with E-state index in [-0.39, 0.29) is 18.0 Å². The van der Waals surface area contributed by atoms with Crippen molar-refractivity contribution in [2.75, 3.05) is 4.90 Å². The monoisotopic (exact) mass is 383 g/mol. The van der Waals surface area contributed by atoms with Crippen molar-refractivity contribution in [3.05, 3.63) is 107 Å². The van der Waals surface area contributed by atoms with Gasteiger partial charge in [0.15, 0.2) is 0 Å². The molecule has 0 saturated heterocycles. The van der Waals surface area contributed by atoms with Gasteiger partial charge in [0.2, 0.25) is 5.91 Å². The molecule has 0 aliphatic rings. The van der Waals surface area contributed by atoms with Crippen molar-refractivity contribution in [2.24, 2.45) is 0 Å². The molecule has 0 fully saturated rings. The minimum absolute atomic E-state index is 0.0529. The van der Waals surface area contributed by atoms with Crippen molar-refractivity contribution in [3.63, 3.8) is 0 Å². The maximum atomic E-state index is 13.4. The second kappa shape index (κ2) is 8.10. The van der Waals surface area contributed by atoms with Crippen LogP contribution in [0.4, 0.5) is 5.69 Å². The summed E-state index contributed by atoms with van der Waals surface area (Å²) in [5, 5.41) is 0. The Hall–Kier alpha value is -3.73. The van der Waals surface area contributed by atoms with Gasteiger partial charge in [-0.25, -0.2) is 4.98 Å². The van der Waals surface area contributed by atoms with Gasteiger partial charge in [0, 0.05) is 5.69 Å². The second-order valence-electron chi connectivity index (χ2n) is 6.98. The highest BCUT2D eigenvalue weighted by Gasteiger charge is 2.18. The van der Waals surface area contributed by atoms with Gasteiger partial charge in [0.1, 0.15) is 6.54 Å². The average molecular weight is 383 g/mol. The summed E-state index contributed by atoms with van der Waals surface area (Å²) in [6, 6.07) is 25.0. The quantitative estimate of drug-likeness (QED) is 0.525. The number of hydrogen-bond donors (Lipinski definition) is 0. The van der Waals surface area contributed by atoms with E-state index in [1.54, 1.807) is 4.90 Å². The number of fused-ring (bicyclic) bond motifs is 1. The number of aryl methyl sites for hydroxylation is 1. The molecule has 0 unspecified atom stereocenters. The molecule has 5 heteroatoms. The fourth-order valence-electron chi connectivity index (χ4n) is 3.38. The van der Waals surface area contributed by atoms with Crippen molar-refractivity contribution in [1.82, 2.24) is 9.55 Å². The third kappa shape index (κ3) is 4.09. The Balaban J connectivity index is 1.72. The third-order valence-electron chi connectivity index (χ3n) is 4.84. The summed E-state index contributed by atoms with van der Waals surface area (Å²) in [6.07, 6.45) is 1.27. The molecule has 0 N–H and O–H groups in total. The summed E-state index contributed by atoms with van der Waals surface area (Å²) in [5.74, 6) is -0.155. The van der Waals surface area contributed by atoms with Gasteiger partial charge in [-0.05, 0) is 42.3 Å². The minimum Gasteiger partial charge on any atom is -0.306 e. The van der Waals surface area contributed by atoms with Crippen molar-refractivity contribution in [3.8, 4) is 0 Å². The van der Waals surface area contributed by atoms with Crippen LogP contribution in [-0.4, -0.2) is 15.5 Å². The molecule has 4 aromatic rings. The van der Waals surface area contributed by atoms with E-state index in [1.165, 1.54) is 10.8 Å². The molecule has 0 aliphatic carbocycles. The minimum atomic E-state index is -0.291. The number of rotatable bonds is 5. The van der Waals surface area contributed by atoms with Gasteiger partial charge in [-0.2, -0.15) is 0 Å². The highest BCUT2D eigenvalue weighted by Crippen LogP contribution is 2.20. The summed E-state index contributed by atoms with van der Waals surface area (Å²) in [7, 11) is 0. The molecule has 0 saturated carbocycles. The van der Waals surface area contributed by atoms with Crippen LogP contribution in [0.25, 0.3) is 11.0 Å². The number of nitrogens with zero attached hydrogens (tertiary/aromatic N) is 3. The van der Waals surface area contributed by atoms with Gasteiger partial charge >= 0.3 is 0 Å². The van der Waals surface area contributed by atoms with E-state index in [0.29, 0.717) is 17.6 Å². The average Bonchev–Trinajstić information content (AvgIpc) is 2.74. The summed E-state index contributed by atoms with van der Waals surface area (Å²) in [5.41, 5.74) is 3.95. The molecule has 0 aliphatic heterocycles. The van der Waals surface area contributed by atoms with Gasteiger partial charge in [0.05, 0.1) is 23.8 Å². The number of anilines is 1. The Morgan fingerprint density at radius 1 is 0.966 bits per heavy atom. The van der Waals surface area contributed by atoms with E-state index in [1.807, 2.05) is 85.8 Å². The molecule has 0 atom stereocenters. The maximum absolute atomic E-state index is 13.4. The molecule has 1 aromatic heterocycles. The van der Waals surface area contributed by atoms with Crippen LogP contribution >= 0.6 is 0 Å². The Kier molecular flexibility index (Phi) is 5.20. The Labute approximate surface area is 168 Å². The molecule has 0 bridgehead atoms. The number of benzene rings is 3. The number of carbonyl (C=O) groups is 1. The van der Waals surface area contributed by atoms with Crippen molar-refractivity contribution < 1.29 is 4.79 Å². The first kappa shape index (κ1) is 18.6. The van der Waals surface area contributed by atoms with E-state index in [0.717, 1.165) is 16.8 Å². The molecule has 4 rings (SSSR count). The van der Waals surface area contributed by atoms with E-state index < -0.39 is 0 Å². The predicted molar refractivity (Wildman–Crippen MR) is 115 cm³/mol. The van der Waals surface area contributed by atoms with Crippen LogP contribution in [-0.2, 0) is 17.9 Å². The lowest BCUT2D eigenvalue weighted by Crippen LogP contribution is -2.36. The zero-order chi connectivity index (χ0) is 20.2. The lowest BCUT2D eigenvalue weighted by Gasteiger charge is -2.24. The van der Waals surface area contributed by atoms with Crippen molar-refractivity contribution in [1.29, 1.82) is 0 Å². The van der Waals surface area contributed by atoms with Crippen LogP contribution in [0.1, 0.15) is 11.1 Å². The van der Waals surface area contributed by atoms with Gasteiger partial charge in [0.25, 0.3) is 5.56 Å². The summed E-state index contributed by atoms with van der Waals surface area (Å²) in [4.78, 5) is 31.7. The molecular formula is C24H21N3O2. The van der Waals surface area contributed by atoms with Gasteiger partial charge < -0.3 is 4.90 Å². The van der Waals surface area contributed by atoms with Gasteiger partial charge in [-0.15, -0.1) is 0 Å². The Bertz CT molecular complexity index is 1220. The SMILES string of the molecule is Cc1cccc(N(Cc2ccccc2)C(=O)Cn2c(=O)cnc3ccccc32)c1. The van der Waals surface area contributed by atoms with Crippen LogP contribution < -0.4 is 10.5 Å². The van der Waals surface area contributed by atoms with Crippen LogP contribution in [0.2, 0.25) is 0 Å². The molecule has 5 nitrogen and oxygen atoms in total. The molecule has 0 spiro atoms. The first-order valence-electron chi connectivity index (χ1n) is 9.47. The van der Waals surface area contributed by atoms with E-state index in [4.69, 9.17) is 0 Å². The van der Waals surface area contributed by atoms with Crippen LogP contribution in [0.15, 0.2) is 89.9 Å². The zero-order valence-corrected chi connectivity index (χ0v) is 16.2. The predicted octanol–water partition coefficient (Wildman–Crippen LogP) is 3.94. The largest absolute Gasteiger partial charge is 0.306 e. The molecule has 0 radical (unpaired) electrons. The molecule has 1 amide bonds. The fourth-order valence-corrected chi connectivity index (χ4v) is 3.38. The van der Waals surface area contributed by atoms with Crippen LogP contribution in [0.5, 0.6) is 0 Å². The second-order valence-corrected chi connectivity index (χ2v) is 6.98. The Morgan fingerprint density at radius 3 is 2.52 bits per heavy atom. The smallest absolute Gasteiger partial charge is 0.269 e. The van der Waals surface area contributed by atoms with E-state index in [2.05, 4.69) is 4.98 Å². The first-order valence-corrected chi connectivity index (χ1v) is 9.47. The van der Waals surface area contributed by atoms with Crippen molar-refractivity contribution >= 4 is 22.6 Å². The Morgan fingerprint density at radius 2 is 1.72 bits per heavy atom. The van der Waals surface area contributed by atoms with E-state index >= 15 is 0 Å². The number of amides is 1. The fraction of sp³-hybridized carbons (Fsp3) is 0.125. The number of para-hydroxylation sites is 2. The lowest BCUT2D eigenvalue weighted by molar-refractivity contribution is -0.119. The number of aromatic nitrogens is 2. The summed E-state index contributed by atoms with van der Waals surface area (Å²) in [6.45, 7) is 2.37. The molecule has 29 heavy (non-hydrogen) atoms. The zero-order valence-electron chi connectivity index (χ0n) is 16.2. The molecular weight excluding hydrogens is 362 g/mol. The number of hydrogen-bond acceptors (Lipinski definition) is 3. The lowest BCUT2D eigenvalue weighted by atomic mass is 10.1. The summed E-state index contributed by atoms with van der Waals surface area (Å²) >= 11 is 0. The van der Waals surface area contributed by atoms with Crippen molar-refractivity contribution in [2.45, 2.75) is 20.0 Å². The van der Waals surface area contributed by atoms with Gasteiger partial charge in [-0.1, -0.05) is 54.6 Å². The van der Waals surface area contributed by atoms with E-state index in [9.17, 15) is 9.59 Å². The summed E-state index contributed by atoms with van der Waals surface area (Å²) < 4.78 is 1.48. The number of carbonyl (C=O) groups excluding carboxylic acids is 1. The molecule has 1 heterocycles. The maximum Gasteiger partial charge on any atom is 0.269 e. The highest BCUT2D eigenvalue weighted by atomic mass is 16.2. The normalized spacial score (nSPS) is 10.8. The van der Waals surface area contributed by atoms with Gasteiger partial charge in [-0.3, -0.25) is 14.2 Å². The topological polar surface area (TPSA) is 55.2 Å². The standard InChI is InChI=1S/C24H21N3O2/c1-18-8-7-11-20(14-18)26(16-19-9-3-2-4-10-19)24(29)17-27-22-13-6-5-12-21(22)25-15-23(27)28/h2-15H,16-17H2,1H3. The molecule has 144 valence electrons. The highest BCUT2D eigenvalue weighted by molar-refractivity contribution is 5.94. The first-order chi connectivity index (χ1) is 14.1. The third-order valence-corrected chi connectivity index (χ3v) is 4.84. The van der Waals surface area contributed by atoms with Crippen LogP contribution in [0, 0.1) is 6.92 Å². The molecule has 3 aromatic carbocycles. The van der Waals surface area contributed by atoms with Crippen LogP contribution in [0.3, 0.4) is 0 Å².